The van der Waals surface area contributed by atoms with E-state index < -0.39 is 0 Å². The molecule has 0 radical (unpaired) electrons. The van der Waals surface area contributed by atoms with Crippen LogP contribution >= 0.6 is 34.5 Å². The molecule has 3 aromatic rings. The minimum absolute atomic E-state index is 0.249. The van der Waals surface area contributed by atoms with Crippen molar-refractivity contribution in [3.05, 3.63) is 63.1 Å². The van der Waals surface area contributed by atoms with Gasteiger partial charge in [0.15, 0.2) is 11.6 Å². The van der Waals surface area contributed by atoms with Crippen molar-refractivity contribution in [2.45, 2.75) is 6.61 Å². The van der Waals surface area contributed by atoms with E-state index in [0.717, 1.165) is 16.0 Å². The first-order valence-electron chi connectivity index (χ1n) is 6.89. The number of thiophene rings is 1. The molecule has 0 aliphatic carbocycles. The van der Waals surface area contributed by atoms with Crippen LogP contribution in [0.4, 0.5) is 5.82 Å². The number of halogens is 2. The first kappa shape index (κ1) is 16.6. The fourth-order valence-electron chi connectivity index (χ4n) is 2.05. The van der Waals surface area contributed by atoms with E-state index in [1.54, 1.807) is 36.5 Å². The first-order chi connectivity index (χ1) is 11.6. The molecule has 2 aromatic heterocycles. The van der Waals surface area contributed by atoms with Crippen LogP contribution in [0.3, 0.4) is 0 Å². The van der Waals surface area contributed by atoms with Crippen LogP contribution in [0.2, 0.25) is 10.0 Å². The van der Waals surface area contributed by atoms with Crippen LogP contribution in [-0.2, 0) is 6.61 Å². The number of nitriles is 1. The largest absolute Gasteiger partial charge is 0.485 e. The van der Waals surface area contributed by atoms with E-state index in [9.17, 15) is 0 Å². The lowest BCUT2D eigenvalue weighted by Crippen LogP contribution is -2.01. The molecule has 0 saturated carbocycles. The normalized spacial score (nSPS) is 10.4. The van der Waals surface area contributed by atoms with Crippen LogP contribution in [0.1, 0.15) is 10.4 Å². The number of hydrogen-bond acceptors (Lipinski definition) is 5. The van der Waals surface area contributed by atoms with E-state index >= 15 is 0 Å². The summed E-state index contributed by atoms with van der Waals surface area (Å²) in [4.78, 5) is 5.72. The van der Waals surface area contributed by atoms with Crippen molar-refractivity contribution in [1.29, 1.82) is 5.26 Å². The molecular weight excluding hydrogens is 365 g/mol. The van der Waals surface area contributed by atoms with Gasteiger partial charge in [-0.1, -0.05) is 29.3 Å². The lowest BCUT2D eigenvalue weighted by molar-refractivity contribution is 0.307. The molecule has 120 valence electrons. The predicted octanol–water partition coefficient (Wildman–Crippen LogP) is 5.15. The summed E-state index contributed by atoms with van der Waals surface area (Å²) in [6.07, 6.45) is 1.66. The third-order valence-corrected chi connectivity index (χ3v) is 4.91. The number of nitrogen functional groups attached to an aromatic ring is 1. The smallest absolute Gasteiger partial charge is 0.166 e. The van der Waals surface area contributed by atoms with Gasteiger partial charge in [0.25, 0.3) is 0 Å². The highest BCUT2D eigenvalue weighted by atomic mass is 35.5. The lowest BCUT2D eigenvalue weighted by atomic mass is 10.2. The van der Waals surface area contributed by atoms with E-state index in [-0.39, 0.29) is 6.61 Å². The van der Waals surface area contributed by atoms with Crippen LogP contribution in [0.25, 0.3) is 10.4 Å². The maximum absolute atomic E-state index is 8.93. The Kier molecular flexibility index (Phi) is 4.91. The third kappa shape index (κ3) is 3.62. The van der Waals surface area contributed by atoms with Gasteiger partial charge in [-0.2, -0.15) is 5.26 Å². The zero-order chi connectivity index (χ0) is 17.1. The molecule has 24 heavy (non-hydrogen) atoms. The lowest BCUT2D eigenvalue weighted by Gasteiger charge is -2.11. The molecule has 0 unspecified atom stereocenters. The molecule has 3 rings (SSSR count). The maximum atomic E-state index is 8.93. The second-order valence-corrected chi connectivity index (χ2v) is 6.83. The number of benzene rings is 1. The molecule has 1 aromatic carbocycles. The van der Waals surface area contributed by atoms with Gasteiger partial charge in [-0.05, 0) is 30.3 Å². The monoisotopic (exact) mass is 375 g/mol. The van der Waals surface area contributed by atoms with Gasteiger partial charge in [-0.25, -0.2) is 4.98 Å². The quantitative estimate of drug-likeness (QED) is 0.684. The Bertz CT molecular complexity index is 934. The zero-order valence-electron chi connectivity index (χ0n) is 12.3. The van der Waals surface area contributed by atoms with E-state index in [1.165, 1.54) is 11.3 Å². The highest BCUT2D eigenvalue weighted by molar-refractivity contribution is 7.16. The molecule has 0 bridgehead atoms. The van der Waals surface area contributed by atoms with Crippen molar-refractivity contribution in [2.75, 3.05) is 5.73 Å². The van der Waals surface area contributed by atoms with E-state index in [0.29, 0.717) is 26.5 Å². The highest BCUT2D eigenvalue weighted by Crippen LogP contribution is 2.32. The van der Waals surface area contributed by atoms with E-state index in [2.05, 4.69) is 11.1 Å². The van der Waals surface area contributed by atoms with Crippen molar-refractivity contribution >= 4 is 40.4 Å². The first-order valence-corrected chi connectivity index (χ1v) is 8.46. The molecule has 0 fully saturated rings. The Morgan fingerprint density at radius 3 is 2.75 bits per heavy atom. The Balaban J connectivity index is 1.83. The second kappa shape index (κ2) is 7.10. The summed E-state index contributed by atoms with van der Waals surface area (Å²) in [7, 11) is 0. The molecule has 0 spiro atoms. The minimum atomic E-state index is 0.249. The molecule has 0 aliphatic heterocycles. The number of rotatable bonds is 4. The Labute approximate surface area is 153 Å². The van der Waals surface area contributed by atoms with Crippen molar-refractivity contribution in [1.82, 2.24) is 4.98 Å². The molecule has 2 heterocycles. The molecule has 4 nitrogen and oxygen atoms in total. The average Bonchev–Trinajstić information content (AvgIpc) is 3.04. The van der Waals surface area contributed by atoms with Gasteiger partial charge in [0.1, 0.15) is 17.6 Å². The molecule has 0 saturated heterocycles. The van der Waals surface area contributed by atoms with Crippen molar-refractivity contribution in [2.24, 2.45) is 0 Å². The van der Waals surface area contributed by atoms with Gasteiger partial charge in [0.2, 0.25) is 0 Å². The summed E-state index contributed by atoms with van der Waals surface area (Å²) in [5, 5.41) is 10.0. The molecule has 0 amide bonds. The topological polar surface area (TPSA) is 71.9 Å². The van der Waals surface area contributed by atoms with Crippen LogP contribution in [0.5, 0.6) is 5.75 Å². The van der Waals surface area contributed by atoms with Gasteiger partial charge in [0, 0.05) is 32.2 Å². The second-order valence-electron chi connectivity index (χ2n) is 4.91. The number of pyridine rings is 1. The van der Waals surface area contributed by atoms with Crippen LogP contribution in [-0.4, -0.2) is 4.98 Å². The van der Waals surface area contributed by atoms with Crippen molar-refractivity contribution < 1.29 is 4.74 Å². The fourth-order valence-corrected chi connectivity index (χ4v) is 3.30. The Morgan fingerprint density at radius 2 is 2.04 bits per heavy atom. The zero-order valence-corrected chi connectivity index (χ0v) is 14.6. The Morgan fingerprint density at radius 1 is 1.21 bits per heavy atom. The molecule has 0 atom stereocenters. The predicted molar refractivity (Wildman–Crippen MR) is 97.5 cm³/mol. The summed E-state index contributed by atoms with van der Waals surface area (Å²) in [5.74, 6) is 0.756. The van der Waals surface area contributed by atoms with E-state index in [4.69, 9.17) is 38.9 Å². The molecule has 7 heteroatoms. The maximum Gasteiger partial charge on any atom is 0.166 e. The highest BCUT2D eigenvalue weighted by Gasteiger charge is 2.10. The number of aromatic nitrogens is 1. The van der Waals surface area contributed by atoms with Crippen LogP contribution < -0.4 is 10.5 Å². The SMILES string of the molecule is N#Cc1ccc(-c2cnc(N)c(OCc3ccc(Cl)cc3Cl)c2)s1. The minimum Gasteiger partial charge on any atom is -0.485 e. The van der Waals surface area contributed by atoms with Crippen molar-refractivity contribution in [3.63, 3.8) is 0 Å². The summed E-state index contributed by atoms with van der Waals surface area (Å²) in [6, 6.07) is 12.8. The van der Waals surface area contributed by atoms with Gasteiger partial charge in [-0.15, -0.1) is 11.3 Å². The van der Waals surface area contributed by atoms with Gasteiger partial charge in [0.05, 0.1) is 0 Å². The molecule has 2 N–H and O–H groups in total. The number of nitrogens with two attached hydrogens (primary N) is 1. The van der Waals surface area contributed by atoms with Crippen LogP contribution in [0, 0.1) is 11.3 Å². The summed E-state index contributed by atoms with van der Waals surface area (Å²) in [5.41, 5.74) is 7.53. The standard InChI is InChI=1S/C17H11Cl2N3OS/c18-12-2-1-10(14(19)6-12)9-23-15-5-11(8-22-17(15)21)16-4-3-13(7-20)24-16/h1-6,8H,9H2,(H2,21,22). The molecular formula is C17H11Cl2N3OS. The van der Waals surface area contributed by atoms with Crippen molar-refractivity contribution in [3.8, 4) is 22.3 Å². The van der Waals surface area contributed by atoms with Gasteiger partial charge >= 0.3 is 0 Å². The fraction of sp³-hybridized carbons (Fsp3) is 0.0588. The summed E-state index contributed by atoms with van der Waals surface area (Å²) >= 11 is 13.4. The van der Waals surface area contributed by atoms with Gasteiger partial charge < -0.3 is 10.5 Å². The third-order valence-electron chi connectivity index (χ3n) is 3.28. The Hall–Kier alpha value is -2.26. The number of hydrogen-bond donors (Lipinski definition) is 1. The number of anilines is 1. The number of nitrogens with zero attached hydrogens (tertiary/aromatic N) is 2. The van der Waals surface area contributed by atoms with Gasteiger partial charge in [-0.3, -0.25) is 0 Å². The molecule has 0 aliphatic rings. The summed E-state index contributed by atoms with van der Waals surface area (Å²) in [6.45, 7) is 0.249. The summed E-state index contributed by atoms with van der Waals surface area (Å²) < 4.78 is 5.76. The van der Waals surface area contributed by atoms with E-state index in [1.807, 2.05) is 6.07 Å². The van der Waals surface area contributed by atoms with Crippen LogP contribution in [0.15, 0.2) is 42.6 Å². The average molecular weight is 376 g/mol. The number of ether oxygens (including phenoxy) is 1.